The Bertz CT molecular complexity index is 388. The van der Waals surface area contributed by atoms with E-state index in [9.17, 15) is 4.79 Å². The second-order valence-electron chi connectivity index (χ2n) is 5.16. The molecular formula is C12H21N3O3. The highest BCUT2D eigenvalue weighted by Gasteiger charge is 2.16. The van der Waals surface area contributed by atoms with Gasteiger partial charge < -0.3 is 9.63 Å². The lowest BCUT2D eigenvalue weighted by atomic mass is 10.2. The van der Waals surface area contributed by atoms with Crippen LogP contribution in [0.15, 0.2) is 4.52 Å². The maximum Gasteiger partial charge on any atom is 0.317 e. The van der Waals surface area contributed by atoms with Gasteiger partial charge in [-0.15, -0.1) is 0 Å². The first-order chi connectivity index (χ1) is 8.38. The van der Waals surface area contributed by atoms with E-state index >= 15 is 0 Å². The van der Waals surface area contributed by atoms with Crippen LogP contribution in [-0.2, 0) is 11.3 Å². The number of carboxylic acid groups (broad SMARTS) is 1. The van der Waals surface area contributed by atoms with E-state index in [0.717, 1.165) is 0 Å². The Balaban J connectivity index is 2.65. The van der Waals surface area contributed by atoms with E-state index in [-0.39, 0.29) is 12.5 Å². The van der Waals surface area contributed by atoms with Crippen LogP contribution < -0.4 is 0 Å². The largest absolute Gasteiger partial charge is 0.480 e. The average Bonchev–Trinajstić information content (AvgIpc) is 2.63. The molecule has 0 aromatic carbocycles. The van der Waals surface area contributed by atoms with Gasteiger partial charge in [0.1, 0.15) is 0 Å². The summed E-state index contributed by atoms with van der Waals surface area (Å²) >= 11 is 0. The molecule has 0 bridgehead atoms. The van der Waals surface area contributed by atoms with Gasteiger partial charge in [-0.25, -0.2) is 0 Å². The molecule has 0 amide bonds. The lowest BCUT2D eigenvalue weighted by molar-refractivity contribution is -0.138. The zero-order valence-corrected chi connectivity index (χ0v) is 11.4. The van der Waals surface area contributed by atoms with Crippen LogP contribution in [0.1, 0.15) is 45.3 Å². The van der Waals surface area contributed by atoms with Gasteiger partial charge in [0.2, 0.25) is 5.89 Å². The van der Waals surface area contributed by atoms with Crippen molar-refractivity contribution in [3.63, 3.8) is 0 Å². The van der Waals surface area contributed by atoms with Gasteiger partial charge in [-0.3, -0.25) is 9.69 Å². The standard InChI is InChI=1S/C12H21N3O3/c1-8(2)5-15(7-11(16)17)6-10-13-12(9(3)4)18-14-10/h8-9H,5-7H2,1-4H3,(H,16,17). The van der Waals surface area contributed by atoms with Crippen LogP contribution in [0, 0.1) is 5.92 Å². The van der Waals surface area contributed by atoms with Crippen molar-refractivity contribution in [1.82, 2.24) is 15.0 Å². The van der Waals surface area contributed by atoms with Crippen molar-refractivity contribution >= 4 is 5.97 Å². The first-order valence-electron chi connectivity index (χ1n) is 6.15. The van der Waals surface area contributed by atoms with Gasteiger partial charge in [-0.05, 0) is 5.92 Å². The number of hydrogen-bond donors (Lipinski definition) is 1. The van der Waals surface area contributed by atoms with E-state index in [4.69, 9.17) is 9.63 Å². The molecule has 0 atom stereocenters. The zero-order valence-electron chi connectivity index (χ0n) is 11.4. The van der Waals surface area contributed by atoms with Gasteiger partial charge >= 0.3 is 5.97 Å². The van der Waals surface area contributed by atoms with Gasteiger partial charge in [0.05, 0.1) is 13.1 Å². The molecule has 0 spiro atoms. The fraction of sp³-hybridized carbons (Fsp3) is 0.750. The fourth-order valence-corrected chi connectivity index (χ4v) is 1.66. The minimum Gasteiger partial charge on any atom is -0.480 e. The van der Waals surface area contributed by atoms with Crippen molar-refractivity contribution in [1.29, 1.82) is 0 Å². The zero-order chi connectivity index (χ0) is 13.7. The Morgan fingerprint density at radius 2 is 2.06 bits per heavy atom. The fourth-order valence-electron chi connectivity index (χ4n) is 1.66. The third kappa shape index (κ3) is 4.83. The van der Waals surface area contributed by atoms with Crippen molar-refractivity contribution in [2.24, 2.45) is 5.92 Å². The van der Waals surface area contributed by atoms with Crippen LogP contribution in [0.4, 0.5) is 0 Å². The molecule has 1 N–H and O–H groups in total. The number of aliphatic carboxylic acids is 1. The van der Waals surface area contributed by atoms with Crippen molar-refractivity contribution < 1.29 is 14.4 Å². The molecule has 18 heavy (non-hydrogen) atoms. The molecule has 1 heterocycles. The van der Waals surface area contributed by atoms with Gasteiger partial charge in [0.15, 0.2) is 5.82 Å². The van der Waals surface area contributed by atoms with E-state index in [2.05, 4.69) is 10.1 Å². The van der Waals surface area contributed by atoms with Crippen molar-refractivity contribution in [2.75, 3.05) is 13.1 Å². The summed E-state index contributed by atoms with van der Waals surface area (Å²) in [7, 11) is 0. The summed E-state index contributed by atoms with van der Waals surface area (Å²) in [5.41, 5.74) is 0. The van der Waals surface area contributed by atoms with E-state index < -0.39 is 5.97 Å². The van der Waals surface area contributed by atoms with Crippen LogP contribution in [0.5, 0.6) is 0 Å². The van der Waals surface area contributed by atoms with Gasteiger partial charge in [-0.2, -0.15) is 4.98 Å². The first kappa shape index (κ1) is 14.6. The Labute approximate surface area is 107 Å². The monoisotopic (exact) mass is 255 g/mol. The smallest absolute Gasteiger partial charge is 0.317 e. The molecule has 6 heteroatoms. The summed E-state index contributed by atoms with van der Waals surface area (Å²) in [6, 6.07) is 0. The lowest BCUT2D eigenvalue weighted by Crippen LogP contribution is -2.32. The molecule has 6 nitrogen and oxygen atoms in total. The summed E-state index contributed by atoms with van der Waals surface area (Å²) in [4.78, 5) is 16.8. The molecule has 0 unspecified atom stereocenters. The summed E-state index contributed by atoms with van der Waals surface area (Å²) in [5.74, 6) is 0.860. The molecule has 0 aliphatic heterocycles. The quantitative estimate of drug-likeness (QED) is 0.799. The van der Waals surface area contributed by atoms with E-state index in [1.165, 1.54) is 0 Å². The number of aromatic nitrogens is 2. The Morgan fingerprint density at radius 1 is 1.39 bits per heavy atom. The molecule has 102 valence electrons. The summed E-state index contributed by atoms with van der Waals surface area (Å²) in [5, 5.41) is 12.7. The number of carboxylic acids is 1. The summed E-state index contributed by atoms with van der Waals surface area (Å²) < 4.78 is 5.10. The van der Waals surface area contributed by atoms with Gasteiger partial charge in [0, 0.05) is 12.5 Å². The van der Waals surface area contributed by atoms with E-state index in [0.29, 0.717) is 30.7 Å². The highest BCUT2D eigenvalue weighted by molar-refractivity contribution is 5.69. The summed E-state index contributed by atoms with van der Waals surface area (Å²) in [6.45, 7) is 9.12. The molecule has 0 fully saturated rings. The van der Waals surface area contributed by atoms with Crippen LogP contribution in [0.25, 0.3) is 0 Å². The summed E-state index contributed by atoms with van der Waals surface area (Å²) in [6.07, 6.45) is 0. The van der Waals surface area contributed by atoms with Gasteiger partial charge in [0.25, 0.3) is 0 Å². The molecular weight excluding hydrogens is 234 g/mol. The number of carbonyl (C=O) groups is 1. The maximum absolute atomic E-state index is 10.8. The van der Waals surface area contributed by atoms with E-state index in [1.54, 1.807) is 0 Å². The van der Waals surface area contributed by atoms with Crippen molar-refractivity contribution in [2.45, 2.75) is 40.2 Å². The molecule has 0 aliphatic rings. The van der Waals surface area contributed by atoms with Crippen molar-refractivity contribution in [3.8, 4) is 0 Å². The molecule has 0 aliphatic carbocycles. The molecule has 1 aromatic heterocycles. The molecule has 0 saturated heterocycles. The van der Waals surface area contributed by atoms with Crippen LogP contribution in [-0.4, -0.2) is 39.2 Å². The predicted molar refractivity (Wildman–Crippen MR) is 66.1 cm³/mol. The van der Waals surface area contributed by atoms with Gasteiger partial charge in [-0.1, -0.05) is 32.9 Å². The minimum atomic E-state index is -0.844. The maximum atomic E-state index is 10.8. The van der Waals surface area contributed by atoms with Crippen LogP contribution in [0.3, 0.4) is 0 Å². The second-order valence-corrected chi connectivity index (χ2v) is 5.16. The lowest BCUT2D eigenvalue weighted by Gasteiger charge is -2.20. The third-order valence-corrected chi connectivity index (χ3v) is 2.32. The average molecular weight is 255 g/mol. The number of nitrogens with zero attached hydrogens (tertiary/aromatic N) is 3. The van der Waals surface area contributed by atoms with E-state index in [1.807, 2.05) is 32.6 Å². The van der Waals surface area contributed by atoms with Crippen molar-refractivity contribution in [3.05, 3.63) is 11.7 Å². The Kier molecular flexibility index (Phi) is 5.27. The highest BCUT2D eigenvalue weighted by Crippen LogP contribution is 2.12. The highest BCUT2D eigenvalue weighted by atomic mass is 16.5. The van der Waals surface area contributed by atoms with Crippen LogP contribution >= 0.6 is 0 Å². The molecule has 0 radical (unpaired) electrons. The van der Waals surface area contributed by atoms with Crippen LogP contribution in [0.2, 0.25) is 0 Å². The third-order valence-electron chi connectivity index (χ3n) is 2.32. The Hall–Kier alpha value is -1.43. The second kappa shape index (κ2) is 6.49. The Morgan fingerprint density at radius 3 is 2.50 bits per heavy atom. The molecule has 0 saturated carbocycles. The predicted octanol–water partition coefficient (Wildman–Crippen LogP) is 1.74. The SMILES string of the molecule is CC(C)CN(CC(=O)O)Cc1noc(C(C)C)n1. The molecule has 1 aromatic rings. The number of rotatable bonds is 7. The topological polar surface area (TPSA) is 79.5 Å². The molecule has 1 rings (SSSR count). The first-order valence-corrected chi connectivity index (χ1v) is 6.15. The normalized spacial score (nSPS) is 11.7. The minimum absolute atomic E-state index is 0.0102. The number of hydrogen-bond acceptors (Lipinski definition) is 5.